The molecule has 0 fully saturated rings. The van der Waals surface area contributed by atoms with E-state index in [1.807, 2.05) is 6.92 Å². The zero-order valence-corrected chi connectivity index (χ0v) is 10.3. The summed E-state index contributed by atoms with van der Waals surface area (Å²) in [6.07, 6.45) is 3.27. The summed E-state index contributed by atoms with van der Waals surface area (Å²) in [7, 11) is -3.41. The lowest BCUT2D eigenvalue weighted by Gasteiger charge is -2.29. The number of allylic oxidation sites excluding steroid dienone is 1. The van der Waals surface area contributed by atoms with E-state index >= 15 is 0 Å². The van der Waals surface area contributed by atoms with Gasteiger partial charge in [0, 0.05) is 12.1 Å². The minimum atomic E-state index is -3.41. The number of Topliss-reactive ketones (excluding diaryl/α,β-unsaturated/α-hetero) is 1. The van der Waals surface area contributed by atoms with Crippen molar-refractivity contribution in [3.05, 3.63) is 11.6 Å². The molecule has 2 rings (SSSR count). The van der Waals surface area contributed by atoms with E-state index in [0.717, 1.165) is 16.2 Å². The number of hydrazone groups is 1. The van der Waals surface area contributed by atoms with E-state index in [4.69, 9.17) is 0 Å². The largest absolute Gasteiger partial charge is 0.299 e. The number of hydrogen-bond donors (Lipinski definition) is 0. The van der Waals surface area contributed by atoms with Gasteiger partial charge in [-0.15, -0.1) is 0 Å². The molecule has 0 amide bonds. The lowest BCUT2D eigenvalue weighted by Crippen LogP contribution is -2.42. The topological polar surface area (TPSA) is 66.8 Å². The highest BCUT2D eigenvalue weighted by molar-refractivity contribution is 7.88. The van der Waals surface area contributed by atoms with Crippen LogP contribution in [0.15, 0.2) is 16.8 Å². The molecular weight excluding hydrogens is 228 g/mol. The average Bonchev–Trinajstić information content (AvgIpc) is 2.51. The van der Waals surface area contributed by atoms with Gasteiger partial charge in [-0.05, 0) is 13.8 Å². The predicted octanol–water partition coefficient (Wildman–Crippen LogP) is 0.541. The SMILES string of the molecule is CC1=CCC(=O)C2C(C)=NN(S(C)(=O)=O)C12. The van der Waals surface area contributed by atoms with Crippen molar-refractivity contribution in [1.29, 1.82) is 0 Å². The molecule has 0 spiro atoms. The third kappa shape index (κ3) is 1.57. The summed E-state index contributed by atoms with van der Waals surface area (Å²) < 4.78 is 24.2. The molecule has 88 valence electrons. The Hall–Kier alpha value is -1.17. The summed E-state index contributed by atoms with van der Waals surface area (Å²) in [6.45, 7) is 3.55. The monoisotopic (exact) mass is 242 g/mol. The van der Waals surface area contributed by atoms with Crippen LogP contribution in [0.3, 0.4) is 0 Å². The van der Waals surface area contributed by atoms with Crippen LogP contribution >= 0.6 is 0 Å². The molecule has 2 unspecified atom stereocenters. The summed E-state index contributed by atoms with van der Waals surface area (Å²) >= 11 is 0. The predicted molar refractivity (Wildman–Crippen MR) is 60.5 cm³/mol. The van der Waals surface area contributed by atoms with Crippen molar-refractivity contribution in [2.75, 3.05) is 6.26 Å². The Morgan fingerprint density at radius 3 is 2.62 bits per heavy atom. The first-order valence-electron chi connectivity index (χ1n) is 5.06. The minimum Gasteiger partial charge on any atom is -0.299 e. The Morgan fingerprint density at radius 1 is 1.44 bits per heavy atom. The molecule has 2 atom stereocenters. The number of ketones is 1. The fourth-order valence-corrected chi connectivity index (χ4v) is 3.25. The maximum absolute atomic E-state index is 11.8. The van der Waals surface area contributed by atoms with Crippen LogP contribution in [0.4, 0.5) is 0 Å². The van der Waals surface area contributed by atoms with Crippen LogP contribution in [0.2, 0.25) is 0 Å². The van der Waals surface area contributed by atoms with Gasteiger partial charge in [-0.25, -0.2) is 8.42 Å². The molecule has 2 aliphatic rings. The van der Waals surface area contributed by atoms with Gasteiger partial charge in [0.15, 0.2) is 0 Å². The number of carbonyl (C=O) groups excluding carboxylic acids is 1. The normalized spacial score (nSPS) is 29.9. The van der Waals surface area contributed by atoms with Gasteiger partial charge in [-0.2, -0.15) is 9.52 Å². The standard InChI is InChI=1S/C10H14N2O3S/c1-6-4-5-8(13)9-7(2)11-12(10(6)9)16(3,14)15/h4,9-10H,5H2,1-3H3. The van der Waals surface area contributed by atoms with Crippen LogP contribution in [-0.4, -0.2) is 36.6 Å². The first-order valence-corrected chi connectivity index (χ1v) is 6.91. The molecule has 6 heteroatoms. The highest BCUT2D eigenvalue weighted by Gasteiger charge is 2.45. The molecule has 1 aliphatic heterocycles. The molecule has 0 saturated carbocycles. The van der Waals surface area contributed by atoms with Gasteiger partial charge in [0.2, 0.25) is 10.0 Å². The molecule has 5 nitrogen and oxygen atoms in total. The molecule has 1 heterocycles. The van der Waals surface area contributed by atoms with E-state index in [9.17, 15) is 13.2 Å². The Kier molecular flexibility index (Phi) is 2.41. The molecule has 16 heavy (non-hydrogen) atoms. The van der Waals surface area contributed by atoms with Crippen molar-refractivity contribution in [3.63, 3.8) is 0 Å². The Labute approximate surface area is 94.9 Å². The molecule has 0 saturated heterocycles. The molecular formula is C10H14N2O3S. The van der Waals surface area contributed by atoms with E-state index in [0.29, 0.717) is 12.1 Å². The van der Waals surface area contributed by atoms with E-state index < -0.39 is 16.1 Å². The summed E-state index contributed by atoms with van der Waals surface area (Å²) in [6, 6.07) is -0.434. The Balaban J connectivity index is 2.51. The van der Waals surface area contributed by atoms with Crippen molar-refractivity contribution >= 4 is 21.5 Å². The maximum atomic E-state index is 11.8. The first-order chi connectivity index (χ1) is 7.32. The zero-order valence-electron chi connectivity index (χ0n) is 9.47. The lowest BCUT2D eigenvalue weighted by molar-refractivity contribution is -0.121. The molecule has 0 radical (unpaired) electrons. The molecule has 0 N–H and O–H groups in total. The number of fused-ring (bicyclic) bond motifs is 1. The Bertz CT molecular complexity index is 504. The van der Waals surface area contributed by atoms with Crippen molar-refractivity contribution in [2.45, 2.75) is 26.3 Å². The Morgan fingerprint density at radius 2 is 2.06 bits per heavy atom. The number of rotatable bonds is 1. The van der Waals surface area contributed by atoms with Gasteiger partial charge < -0.3 is 0 Å². The van der Waals surface area contributed by atoms with Gasteiger partial charge >= 0.3 is 0 Å². The number of hydrogen-bond acceptors (Lipinski definition) is 4. The lowest BCUT2D eigenvalue weighted by atomic mass is 9.82. The van der Waals surface area contributed by atoms with Gasteiger partial charge in [-0.1, -0.05) is 11.6 Å². The smallest absolute Gasteiger partial charge is 0.247 e. The van der Waals surface area contributed by atoms with Crippen LogP contribution in [0, 0.1) is 5.92 Å². The molecule has 0 aromatic heterocycles. The fraction of sp³-hybridized carbons (Fsp3) is 0.600. The van der Waals surface area contributed by atoms with Crippen LogP contribution in [0.5, 0.6) is 0 Å². The average molecular weight is 242 g/mol. The molecule has 1 aliphatic carbocycles. The van der Waals surface area contributed by atoms with Crippen LogP contribution in [0.1, 0.15) is 20.3 Å². The maximum Gasteiger partial charge on any atom is 0.247 e. The van der Waals surface area contributed by atoms with E-state index in [1.165, 1.54) is 0 Å². The van der Waals surface area contributed by atoms with Gasteiger partial charge in [0.25, 0.3) is 0 Å². The number of nitrogens with zero attached hydrogens (tertiary/aromatic N) is 2. The fourth-order valence-electron chi connectivity index (χ4n) is 2.27. The minimum absolute atomic E-state index is 0.0444. The molecule has 0 bridgehead atoms. The van der Waals surface area contributed by atoms with Crippen molar-refractivity contribution in [2.24, 2.45) is 11.0 Å². The van der Waals surface area contributed by atoms with Crippen molar-refractivity contribution in [3.8, 4) is 0 Å². The highest BCUT2D eigenvalue weighted by atomic mass is 32.2. The van der Waals surface area contributed by atoms with Crippen molar-refractivity contribution < 1.29 is 13.2 Å². The van der Waals surface area contributed by atoms with E-state index in [1.54, 1.807) is 13.0 Å². The third-order valence-corrected chi connectivity index (χ3v) is 4.03. The quantitative estimate of drug-likeness (QED) is 0.630. The second-order valence-corrected chi connectivity index (χ2v) is 6.16. The summed E-state index contributed by atoms with van der Waals surface area (Å²) in [5.41, 5.74) is 1.49. The second kappa shape index (κ2) is 3.41. The first kappa shape index (κ1) is 11.3. The van der Waals surface area contributed by atoms with Crippen LogP contribution in [0.25, 0.3) is 0 Å². The highest BCUT2D eigenvalue weighted by Crippen LogP contribution is 2.34. The molecule has 0 aromatic rings. The second-order valence-electron chi connectivity index (χ2n) is 4.32. The number of sulfonamides is 1. The molecule has 0 aromatic carbocycles. The number of carbonyl (C=O) groups is 1. The van der Waals surface area contributed by atoms with E-state index in [-0.39, 0.29) is 11.7 Å². The van der Waals surface area contributed by atoms with E-state index in [2.05, 4.69) is 5.10 Å². The van der Waals surface area contributed by atoms with Gasteiger partial charge in [0.05, 0.1) is 18.2 Å². The van der Waals surface area contributed by atoms with Crippen molar-refractivity contribution in [1.82, 2.24) is 4.41 Å². The van der Waals surface area contributed by atoms with Gasteiger partial charge in [0.1, 0.15) is 5.78 Å². The zero-order chi connectivity index (χ0) is 12.1. The third-order valence-electron chi connectivity index (χ3n) is 3.04. The summed E-state index contributed by atoms with van der Waals surface area (Å²) in [5, 5.41) is 4.01. The van der Waals surface area contributed by atoms with Crippen LogP contribution in [-0.2, 0) is 14.8 Å². The van der Waals surface area contributed by atoms with Crippen LogP contribution < -0.4 is 0 Å². The summed E-state index contributed by atoms with van der Waals surface area (Å²) in [5.74, 6) is -0.345. The summed E-state index contributed by atoms with van der Waals surface area (Å²) in [4.78, 5) is 11.8. The van der Waals surface area contributed by atoms with Gasteiger partial charge in [-0.3, -0.25) is 4.79 Å².